The third kappa shape index (κ3) is 3.58. The molecule has 0 aromatic carbocycles. The predicted molar refractivity (Wildman–Crippen MR) is 76.3 cm³/mol. The number of alkyl halides is 3. The van der Waals surface area contributed by atoms with Gasteiger partial charge in [-0.05, 0) is 38.5 Å². The Kier molecular flexibility index (Phi) is 4.08. The van der Waals surface area contributed by atoms with Gasteiger partial charge in [-0.3, -0.25) is 0 Å². The molecule has 3 heterocycles. The number of pyridine rings is 1. The molecule has 0 aliphatic heterocycles. The van der Waals surface area contributed by atoms with E-state index in [1.807, 2.05) is 28.9 Å². The molecular formula is C11H8BrF3N6S. The number of fused-ring (bicyclic) bond motifs is 1. The highest BCUT2D eigenvalue weighted by atomic mass is 79.9. The summed E-state index contributed by atoms with van der Waals surface area (Å²) < 4.78 is 40.7. The summed E-state index contributed by atoms with van der Waals surface area (Å²) in [5.74, 6) is 0.373. The first kappa shape index (κ1) is 15.3. The first-order chi connectivity index (χ1) is 10.4. The Morgan fingerprint density at radius 1 is 1.23 bits per heavy atom. The Morgan fingerprint density at radius 2 is 2.05 bits per heavy atom. The molecule has 11 heteroatoms. The van der Waals surface area contributed by atoms with Gasteiger partial charge in [0.1, 0.15) is 12.2 Å². The fourth-order valence-electron chi connectivity index (χ4n) is 1.79. The van der Waals surface area contributed by atoms with Gasteiger partial charge in [0.05, 0.1) is 5.69 Å². The van der Waals surface area contributed by atoms with E-state index in [1.165, 1.54) is 0 Å². The highest BCUT2D eigenvalue weighted by molar-refractivity contribution is 9.10. The third-order valence-corrected chi connectivity index (χ3v) is 4.10. The molecule has 0 fully saturated rings. The molecule has 0 radical (unpaired) electrons. The van der Waals surface area contributed by atoms with Gasteiger partial charge in [-0.25, -0.2) is 9.67 Å². The molecule has 6 nitrogen and oxygen atoms in total. The van der Waals surface area contributed by atoms with Crippen molar-refractivity contribution in [1.29, 1.82) is 0 Å². The molecule has 22 heavy (non-hydrogen) atoms. The van der Waals surface area contributed by atoms with Crippen molar-refractivity contribution >= 4 is 33.3 Å². The summed E-state index contributed by atoms with van der Waals surface area (Å²) >= 11 is 4.47. The maximum atomic E-state index is 12.4. The molecule has 116 valence electrons. The summed E-state index contributed by atoms with van der Waals surface area (Å²) in [5.41, 5.74) is 1.48. The average Bonchev–Trinajstić information content (AvgIpc) is 3.00. The van der Waals surface area contributed by atoms with Crippen molar-refractivity contribution in [2.75, 3.05) is 0 Å². The van der Waals surface area contributed by atoms with Crippen LogP contribution in [-0.2, 0) is 12.3 Å². The van der Waals surface area contributed by atoms with E-state index < -0.39 is 12.7 Å². The number of halogens is 4. The van der Waals surface area contributed by atoms with Gasteiger partial charge in [-0.1, -0.05) is 11.8 Å². The van der Waals surface area contributed by atoms with Crippen LogP contribution in [0, 0.1) is 0 Å². The summed E-state index contributed by atoms with van der Waals surface area (Å²) in [6, 6.07) is 3.70. The second-order valence-electron chi connectivity index (χ2n) is 4.37. The van der Waals surface area contributed by atoms with E-state index in [0.717, 1.165) is 32.3 Å². The number of thioether (sulfide) groups is 1. The van der Waals surface area contributed by atoms with Gasteiger partial charge in [-0.2, -0.15) is 13.2 Å². The van der Waals surface area contributed by atoms with Gasteiger partial charge in [-0.15, -0.1) is 5.10 Å². The van der Waals surface area contributed by atoms with Gasteiger partial charge in [0.25, 0.3) is 0 Å². The van der Waals surface area contributed by atoms with Gasteiger partial charge in [0.15, 0.2) is 0 Å². The van der Waals surface area contributed by atoms with Crippen LogP contribution in [0.25, 0.3) is 5.65 Å². The van der Waals surface area contributed by atoms with Crippen molar-refractivity contribution in [3.8, 4) is 0 Å². The molecule has 3 aromatic heterocycles. The molecule has 0 aliphatic rings. The largest absolute Gasteiger partial charge is 0.408 e. The standard InChI is InChI=1S/C11H8BrF3N6S/c12-7-1-2-9-16-8(4-20(9)3-7)5-22-10-17-18-19-21(10)6-11(13,14)15/h1-4H,5-6H2. The van der Waals surface area contributed by atoms with Gasteiger partial charge < -0.3 is 4.40 Å². The molecule has 0 N–H and O–H groups in total. The second-order valence-corrected chi connectivity index (χ2v) is 6.23. The van der Waals surface area contributed by atoms with Crippen molar-refractivity contribution in [3.63, 3.8) is 0 Å². The number of rotatable bonds is 4. The molecule has 0 bridgehead atoms. The third-order valence-electron chi connectivity index (χ3n) is 2.64. The zero-order valence-corrected chi connectivity index (χ0v) is 13.2. The lowest BCUT2D eigenvalue weighted by Crippen LogP contribution is -2.19. The van der Waals surface area contributed by atoms with E-state index in [4.69, 9.17) is 0 Å². The van der Waals surface area contributed by atoms with E-state index in [-0.39, 0.29) is 5.16 Å². The van der Waals surface area contributed by atoms with Gasteiger partial charge in [0, 0.05) is 22.6 Å². The quantitative estimate of drug-likeness (QED) is 0.638. The normalized spacial score (nSPS) is 12.2. The number of nitrogens with zero attached hydrogens (tertiary/aromatic N) is 6. The summed E-state index contributed by atoms with van der Waals surface area (Å²) in [4.78, 5) is 4.38. The molecular weight excluding hydrogens is 385 g/mol. The van der Waals surface area contributed by atoms with Crippen LogP contribution in [0.1, 0.15) is 5.69 Å². The molecule has 3 aromatic rings. The van der Waals surface area contributed by atoms with E-state index >= 15 is 0 Å². The fourth-order valence-corrected chi connectivity index (χ4v) is 2.91. The molecule has 0 saturated carbocycles. The fraction of sp³-hybridized carbons (Fsp3) is 0.273. The SMILES string of the molecule is FC(F)(F)Cn1nnnc1SCc1cn2cc(Br)ccc2n1. The van der Waals surface area contributed by atoms with Crippen LogP contribution in [-0.4, -0.2) is 35.8 Å². The Bertz CT molecular complexity index is 799. The van der Waals surface area contributed by atoms with Gasteiger partial charge in [0.2, 0.25) is 5.16 Å². The highest BCUT2D eigenvalue weighted by Crippen LogP contribution is 2.24. The average molecular weight is 393 g/mol. The number of hydrogen-bond donors (Lipinski definition) is 0. The molecule has 0 unspecified atom stereocenters. The Labute approximate surface area is 134 Å². The zero-order valence-electron chi connectivity index (χ0n) is 10.8. The Balaban J connectivity index is 1.73. The number of tetrazole rings is 1. The molecule has 0 aliphatic carbocycles. The van der Waals surface area contributed by atoms with E-state index in [9.17, 15) is 13.2 Å². The van der Waals surface area contributed by atoms with Crippen molar-refractivity contribution in [3.05, 3.63) is 34.7 Å². The summed E-state index contributed by atoms with van der Waals surface area (Å²) in [5, 5.41) is 10.3. The molecule has 0 amide bonds. The first-order valence-electron chi connectivity index (χ1n) is 5.99. The van der Waals surface area contributed by atoms with E-state index in [0.29, 0.717) is 5.75 Å². The van der Waals surface area contributed by atoms with Crippen LogP contribution in [0.2, 0.25) is 0 Å². The first-order valence-corrected chi connectivity index (χ1v) is 7.77. The van der Waals surface area contributed by atoms with Crippen LogP contribution in [0.3, 0.4) is 0 Å². The van der Waals surface area contributed by atoms with Crippen LogP contribution in [0.15, 0.2) is 34.2 Å². The monoisotopic (exact) mass is 392 g/mol. The van der Waals surface area contributed by atoms with Crippen LogP contribution >= 0.6 is 27.7 Å². The molecule has 3 rings (SSSR count). The molecule has 0 atom stereocenters. The van der Waals surface area contributed by atoms with Gasteiger partial charge >= 0.3 is 6.18 Å². The molecule has 0 saturated heterocycles. The Hall–Kier alpha value is -1.62. The number of aromatic nitrogens is 6. The Morgan fingerprint density at radius 3 is 2.82 bits per heavy atom. The van der Waals surface area contributed by atoms with Crippen molar-refractivity contribution in [2.24, 2.45) is 0 Å². The summed E-state index contributed by atoms with van der Waals surface area (Å²) in [6.07, 6.45) is -0.699. The molecule has 0 spiro atoms. The summed E-state index contributed by atoms with van der Waals surface area (Å²) in [6.45, 7) is -1.21. The maximum absolute atomic E-state index is 12.4. The lowest BCUT2D eigenvalue weighted by molar-refractivity contribution is -0.144. The van der Waals surface area contributed by atoms with Crippen LogP contribution in [0.5, 0.6) is 0 Å². The maximum Gasteiger partial charge on any atom is 0.408 e. The lowest BCUT2D eigenvalue weighted by atomic mass is 10.5. The minimum atomic E-state index is -4.36. The zero-order chi connectivity index (χ0) is 15.7. The van der Waals surface area contributed by atoms with Crippen molar-refractivity contribution in [2.45, 2.75) is 23.6 Å². The van der Waals surface area contributed by atoms with E-state index in [1.54, 1.807) is 0 Å². The van der Waals surface area contributed by atoms with E-state index in [2.05, 4.69) is 36.4 Å². The highest BCUT2D eigenvalue weighted by Gasteiger charge is 2.30. The number of hydrogen-bond acceptors (Lipinski definition) is 5. The van der Waals surface area contributed by atoms with Crippen LogP contribution < -0.4 is 0 Å². The van der Waals surface area contributed by atoms with Crippen molar-refractivity contribution in [1.82, 2.24) is 29.6 Å². The minimum absolute atomic E-state index is 0.107. The predicted octanol–water partition coefficient (Wildman–Crippen LogP) is 2.94. The van der Waals surface area contributed by atoms with Crippen molar-refractivity contribution < 1.29 is 13.2 Å². The summed E-state index contributed by atoms with van der Waals surface area (Å²) in [7, 11) is 0. The van der Waals surface area contributed by atoms with Crippen LogP contribution in [0.4, 0.5) is 13.2 Å². The lowest BCUT2D eigenvalue weighted by Gasteiger charge is -2.06. The minimum Gasteiger partial charge on any atom is -0.306 e. The smallest absolute Gasteiger partial charge is 0.306 e. The second kappa shape index (κ2) is 5.88. The topological polar surface area (TPSA) is 60.9 Å². The number of imidazole rings is 1.